The summed E-state index contributed by atoms with van der Waals surface area (Å²) in [7, 11) is 1.14. The summed E-state index contributed by atoms with van der Waals surface area (Å²) < 4.78 is 34.1. The van der Waals surface area contributed by atoms with E-state index in [4.69, 9.17) is 18.5 Å². The van der Waals surface area contributed by atoms with Crippen molar-refractivity contribution in [1.29, 1.82) is 0 Å². The molecule has 0 bridgehead atoms. The number of esters is 2. The summed E-state index contributed by atoms with van der Waals surface area (Å²) in [5.41, 5.74) is 0. The number of unbranched alkanes of at least 4 members (excludes halogenated alkanes) is 20. The second-order valence-electron chi connectivity index (χ2n) is 20.3. The van der Waals surface area contributed by atoms with Crippen LogP contribution in [0, 0.1) is 0 Å². The van der Waals surface area contributed by atoms with Gasteiger partial charge in [-0.3, -0.25) is 14.2 Å². The highest BCUT2D eigenvalue weighted by molar-refractivity contribution is 7.45. The number of rotatable bonds is 52. The van der Waals surface area contributed by atoms with E-state index in [9.17, 15) is 19.0 Å². The van der Waals surface area contributed by atoms with Crippen LogP contribution >= 0.6 is 7.82 Å². The molecule has 0 aromatic heterocycles. The topological polar surface area (TPSA) is 111 Å². The van der Waals surface area contributed by atoms with Gasteiger partial charge < -0.3 is 27.9 Å². The van der Waals surface area contributed by atoms with E-state index < -0.39 is 32.5 Å². The van der Waals surface area contributed by atoms with Crippen molar-refractivity contribution in [2.24, 2.45) is 0 Å². The normalized spacial score (nSPS) is 14.1. The standard InChI is InChI=1S/C63H108NO8P/c1-6-8-10-12-14-16-18-20-22-24-26-27-28-29-30-31-32-33-34-35-36-37-38-40-42-44-46-48-50-52-54-56-63(66)72-61(60-71-73(67,68)70-58-57-64(3,4)5)59-69-62(65)55-53-51-49-47-45-43-41-39-25-23-21-19-17-15-13-11-9-7-2/h8,10,14,16-17,19-20,22-23,25-27,29-30,32-33,35-36,61H,6-7,9,11-13,15,18,21,24,28,31,34,37-60H2,1-5H3/b10-8-,16-14-,19-17-,22-20-,25-23-,27-26-,30-29-,33-32-,36-35-. The van der Waals surface area contributed by atoms with Gasteiger partial charge in [0, 0.05) is 12.8 Å². The third kappa shape index (κ3) is 57.8. The monoisotopic (exact) mass is 1040 g/mol. The lowest BCUT2D eigenvalue weighted by atomic mass is 10.1. The molecule has 73 heavy (non-hydrogen) atoms. The van der Waals surface area contributed by atoms with E-state index in [-0.39, 0.29) is 26.1 Å². The molecule has 0 aliphatic heterocycles. The zero-order chi connectivity index (χ0) is 53.5. The first-order valence-corrected chi connectivity index (χ1v) is 30.6. The van der Waals surface area contributed by atoms with Crippen molar-refractivity contribution in [2.45, 2.75) is 232 Å². The molecule has 0 fully saturated rings. The lowest BCUT2D eigenvalue weighted by molar-refractivity contribution is -0.870. The van der Waals surface area contributed by atoms with Gasteiger partial charge in [0.25, 0.3) is 7.82 Å². The second-order valence-corrected chi connectivity index (χ2v) is 21.7. The third-order valence-corrected chi connectivity index (χ3v) is 13.0. The average molecular weight is 1040 g/mol. The second kappa shape index (κ2) is 53.5. The third-order valence-electron chi connectivity index (χ3n) is 12.0. The Hall–Kier alpha value is -3.33. The van der Waals surface area contributed by atoms with Crippen molar-refractivity contribution in [3.8, 4) is 0 Å². The molecule has 9 nitrogen and oxygen atoms in total. The number of carbonyl (C=O) groups excluding carboxylic acids is 2. The SMILES string of the molecule is CC/C=C\C/C=C\C/C=C\C/C=C\C/C=C\C/C=C\C/C=C\CCCCCCCCCCCC(=O)OC(COC(=O)CCCCCCCCC/C=C\C/C=C\CCCCCC)COP(=O)([O-])OCC[N+](C)(C)C. The Morgan fingerprint density at radius 1 is 0.438 bits per heavy atom. The molecule has 2 atom stereocenters. The van der Waals surface area contributed by atoms with Crippen LogP contribution in [0.3, 0.4) is 0 Å². The van der Waals surface area contributed by atoms with E-state index in [1.807, 2.05) is 21.1 Å². The smallest absolute Gasteiger partial charge is 0.306 e. The first-order valence-electron chi connectivity index (χ1n) is 29.1. The number of likely N-dealkylation sites (N-methyl/N-ethyl adjacent to an activating group) is 1. The quantitative estimate of drug-likeness (QED) is 0.0195. The largest absolute Gasteiger partial charge is 0.756 e. The summed E-state index contributed by atoms with van der Waals surface area (Å²) >= 11 is 0. The molecule has 0 rings (SSSR count). The number of phosphoric ester groups is 1. The number of phosphoric acid groups is 1. The van der Waals surface area contributed by atoms with Crippen LogP contribution in [-0.2, 0) is 32.7 Å². The Kier molecular flexibility index (Phi) is 51.1. The van der Waals surface area contributed by atoms with Crippen LogP contribution in [0.25, 0.3) is 0 Å². The highest BCUT2D eigenvalue weighted by atomic mass is 31.2. The minimum Gasteiger partial charge on any atom is -0.756 e. The lowest BCUT2D eigenvalue weighted by Gasteiger charge is -2.28. The molecule has 0 spiro atoms. The molecular formula is C63H108NO8P. The van der Waals surface area contributed by atoms with Gasteiger partial charge in [-0.25, -0.2) is 0 Å². The van der Waals surface area contributed by atoms with Crippen LogP contribution in [0.15, 0.2) is 109 Å². The number of quaternary nitrogens is 1. The number of carbonyl (C=O) groups is 2. The summed E-state index contributed by atoms with van der Waals surface area (Å²) in [6.45, 7) is 4.08. The minimum absolute atomic E-state index is 0.0388. The van der Waals surface area contributed by atoms with Crippen molar-refractivity contribution >= 4 is 19.8 Å². The van der Waals surface area contributed by atoms with E-state index in [1.165, 1.54) is 83.5 Å². The van der Waals surface area contributed by atoms with Crippen molar-refractivity contribution in [3.63, 3.8) is 0 Å². The molecule has 0 N–H and O–H groups in total. The maximum absolute atomic E-state index is 12.8. The van der Waals surface area contributed by atoms with Gasteiger partial charge in [0.15, 0.2) is 6.10 Å². The molecule has 0 radical (unpaired) electrons. The van der Waals surface area contributed by atoms with Gasteiger partial charge in [-0.1, -0.05) is 220 Å². The maximum Gasteiger partial charge on any atom is 0.306 e. The molecule has 0 saturated carbocycles. The van der Waals surface area contributed by atoms with E-state index in [0.29, 0.717) is 17.4 Å². The Morgan fingerprint density at radius 3 is 1.16 bits per heavy atom. The van der Waals surface area contributed by atoms with Gasteiger partial charge in [0.2, 0.25) is 0 Å². The van der Waals surface area contributed by atoms with Gasteiger partial charge in [-0.15, -0.1) is 0 Å². The molecule has 0 heterocycles. The number of hydrogen-bond donors (Lipinski definition) is 0. The Bertz CT molecular complexity index is 1600. The predicted octanol–water partition coefficient (Wildman–Crippen LogP) is 17.6. The predicted molar refractivity (Wildman–Crippen MR) is 309 cm³/mol. The van der Waals surface area contributed by atoms with Crippen LogP contribution in [0.5, 0.6) is 0 Å². The Balaban J connectivity index is 4.20. The first-order chi connectivity index (χ1) is 35.5. The summed E-state index contributed by atoms with van der Waals surface area (Å²) in [5, 5.41) is 0. The van der Waals surface area contributed by atoms with Gasteiger partial charge in [-0.05, 0) is 103 Å². The van der Waals surface area contributed by atoms with Crippen LogP contribution in [-0.4, -0.2) is 70.0 Å². The van der Waals surface area contributed by atoms with Crippen LogP contribution < -0.4 is 4.89 Å². The zero-order valence-corrected chi connectivity index (χ0v) is 48.2. The molecule has 418 valence electrons. The number of nitrogens with zero attached hydrogens (tertiary/aromatic N) is 1. The molecule has 0 aromatic carbocycles. The summed E-state index contributed by atoms with van der Waals surface area (Å²) in [6.07, 6.45) is 74.1. The molecular weight excluding hydrogens is 930 g/mol. The van der Waals surface area contributed by atoms with Crippen molar-refractivity contribution in [3.05, 3.63) is 109 Å². The van der Waals surface area contributed by atoms with E-state index >= 15 is 0 Å². The van der Waals surface area contributed by atoms with Crippen molar-refractivity contribution in [1.82, 2.24) is 0 Å². The van der Waals surface area contributed by atoms with Gasteiger partial charge in [0.1, 0.15) is 19.8 Å². The highest BCUT2D eigenvalue weighted by Gasteiger charge is 2.21. The van der Waals surface area contributed by atoms with Gasteiger partial charge >= 0.3 is 11.9 Å². The molecule has 0 saturated heterocycles. The van der Waals surface area contributed by atoms with E-state index in [1.54, 1.807) is 0 Å². The Labute approximate surface area is 448 Å². The van der Waals surface area contributed by atoms with E-state index in [0.717, 1.165) is 109 Å². The van der Waals surface area contributed by atoms with Crippen molar-refractivity contribution in [2.75, 3.05) is 47.5 Å². The van der Waals surface area contributed by atoms with Gasteiger partial charge in [-0.2, -0.15) is 0 Å². The van der Waals surface area contributed by atoms with Crippen molar-refractivity contribution < 1.29 is 42.1 Å². The fourth-order valence-electron chi connectivity index (χ4n) is 7.55. The minimum atomic E-state index is -4.65. The lowest BCUT2D eigenvalue weighted by Crippen LogP contribution is -2.37. The molecule has 0 amide bonds. The maximum atomic E-state index is 12.8. The molecule has 10 heteroatoms. The highest BCUT2D eigenvalue weighted by Crippen LogP contribution is 2.38. The van der Waals surface area contributed by atoms with Crippen LogP contribution in [0.1, 0.15) is 226 Å². The summed E-state index contributed by atoms with van der Waals surface area (Å²) in [6, 6.07) is 0. The van der Waals surface area contributed by atoms with Gasteiger partial charge in [0.05, 0.1) is 27.7 Å². The summed E-state index contributed by atoms with van der Waals surface area (Å²) in [4.78, 5) is 37.9. The summed E-state index contributed by atoms with van der Waals surface area (Å²) in [5.74, 6) is -0.854. The molecule has 0 aliphatic carbocycles. The molecule has 0 aliphatic rings. The first kappa shape index (κ1) is 69.7. The average Bonchev–Trinajstić information content (AvgIpc) is 3.35. The molecule has 2 unspecified atom stereocenters. The Morgan fingerprint density at radius 2 is 0.781 bits per heavy atom. The fourth-order valence-corrected chi connectivity index (χ4v) is 8.28. The number of ether oxygens (including phenoxy) is 2. The molecule has 0 aromatic rings. The van der Waals surface area contributed by atoms with E-state index in [2.05, 4.69) is 123 Å². The zero-order valence-electron chi connectivity index (χ0n) is 47.3. The number of hydrogen-bond acceptors (Lipinski definition) is 8. The fraction of sp³-hybridized carbons (Fsp3) is 0.683. The number of allylic oxidation sites excluding steroid dienone is 18. The van der Waals surface area contributed by atoms with Crippen LogP contribution in [0.2, 0.25) is 0 Å². The van der Waals surface area contributed by atoms with Crippen LogP contribution in [0.4, 0.5) is 0 Å².